The first kappa shape index (κ1) is 37.4. The third-order valence-corrected chi connectivity index (χ3v) is 8.80. The van der Waals surface area contributed by atoms with Gasteiger partial charge in [0.15, 0.2) is 5.82 Å². The number of ether oxygens (including phenoxy) is 3. The zero-order valence-corrected chi connectivity index (χ0v) is 29.4. The summed E-state index contributed by atoms with van der Waals surface area (Å²) in [6.45, 7) is 9.99. The first-order valence-electron chi connectivity index (χ1n) is 16.5. The minimum atomic E-state index is -4.65. The molecule has 0 saturated carbocycles. The van der Waals surface area contributed by atoms with E-state index in [1.165, 1.54) is 35.6 Å². The number of aromatic nitrogens is 2. The number of likely N-dealkylation sites (tertiary alicyclic amines) is 1. The van der Waals surface area contributed by atoms with Crippen LogP contribution in [-0.2, 0) is 24.4 Å². The van der Waals surface area contributed by atoms with E-state index in [4.69, 9.17) is 14.2 Å². The quantitative estimate of drug-likeness (QED) is 0.115. The summed E-state index contributed by atoms with van der Waals surface area (Å²) >= 11 is 0. The van der Waals surface area contributed by atoms with Crippen molar-refractivity contribution in [3.05, 3.63) is 66.6 Å². The topological polar surface area (TPSA) is 166 Å². The number of esters is 1. The number of hydrogen-bond donors (Lipinski definition) is 2. The molecule has 2 aromatic carbocycles. The van der Waals surface area contributed by atoms with Crippen LogP contribution in [0.15, 0.2) is 66.0 Å². The van der Waals surface area contributed by atoms with Crippen LogP contribution >= 0.6 is 0 Å². The lowest BCUT2D eigenvalue weighted by Gasteiger charge is -2.28. The highest BCUT2D eigenvalue weighted by atomic mass is 32.2. The van der Waals surface area contributed by atoms with Crippen molar-refractivity contribution in [3.8, 4) is 11.5 Å². The SMILES string of the molecule is CCCCCCC(C(=O)N1C[C@@H](Oc2ccc(OC(C)(C)C)cc2)C[C@H]1C(=O)OCC)n1cnc(NC(=O)c2ccccc2S(=O)(=O)O)c1. The van der Waals surface area contributed by atoms with Crippen molar-refractivity contribution in [2.24, 2.45) is 0 Å². The molecule has 3 aromatic rings. The normalized spacial score (nSPS) is 17.0. The maximum absolute atomic E-state index is 14.3. The van der Waals surface area contributed by atoms with Gasteiger partial charge in [-0.3, -0.25) is 14.1 Å². The van der Waals surface area contributed by atoms with Gasteiger partial charge in [-0.05, 0) is 70.5 Å². The second kappa shape index (κ2) is 16.3. The van der Waals surface area contributed by atoms with E-state index in [2.05, 4.69) is 17.2 Å². The van der Waals surface area contributed by atoms with E-state index in [1.807, 2.05) is 32.9 Å². The van der Waals surface area contributed by atoms with Crippen LogP contribution in [0, 0.1) is 0 Å². The van der Waals surface area contributed by atoms with Crippen molar-refractivity contribution in [1.29, 1.82) is 0 Å². The predicted octanol–water partition coefficient (Wildman–Crippen LogP) is 5.68. The molecule has 0 radical (unpaired) electrons. The number of nitrogens with one attached hydrogen (secondary N) is 1. The molecular formula is C35H46N4O9S. The molecular weight excluding hydrogens is 652 g/mol. The van der Waals surface area contributed by atoms with Crippen LogP contribution in [0.5, 0.6) is 11.5 Å². The van der Waals surface area contributed by atoms with Gasteiger partial charge < -0.3 is 29.0 Å². The van der Waals surface area contributed by atoms with Crippen LogP contribution in [0.4, 0.5) is 5.82 Å². The van der Waals surface area contributed by atoms with Gasteiger partial charge in [0.2, 0.25) is 5.91 Å². The summed E-state index contributed by atoms with van der Waals surface area (Å²) in [5.74, 6) is -0.297. The largest absolute Gasteiger partial charge is 0.488 e. The molecule has 0 spiro atoms. The van der Waals surface area contributed by atoms with Crippen LogP contribution in [0.2, 0.25) is 0 Å². The maximum atomic E-state index is 14.3. The Labute approximate surface area is 287 Å². The van der Waals surface area contributed by atoms with Gasteiger partial charge in [-0.15, -0.1) is 0 Å². The number of rotatable bonds is 15. The molecule has 2 amide bonds. The minimum Gasteiger partial charge on any atom is -0.488 e. The standard InChI is InChI=1S/C35H46N4O9S/c1-6-8-9-10-14-28(38-22-31(36-23-38)37-32(40)27-13-11-12-15-30(27)49(43,44)45)33(41)39-21-26(20-29(39)34(42)46-7-2)47-24-16-18-25(19-17-24)48-35(3,4)5/h11-13,15-19,22-23,26,28-29H,6-10,14,20-21H2,1-5H3,(H,37,40)(H,43,44,45)/t26-,28?,29-/m0/s1. The summed E-state index contributed by atoms with van der Waals surface area (Å²) in [5.41, 5.74) is -0.617. The molecule has 2 heterocycles. The van der Waals surface area contributed by atoms with Crippen molar-refractivity contribution < 1.29 is 41.6 Å². The average Bonchev–Trinajstić information content (AvgIpc) is 3.68. The molecule has 13 nitrogen and oxygen atoms in total. The Morgan fingerprint density at radius 3 is 2.37 bits per heavy atom. The third kappa shape index (κ3) is 10.3. The van der Waals surface area contributed by atoms with E-state index in [1.54, 1.807) is 23.6 Å². The number of carbonyl (C=O) groups excluding carboxylic acids is 3. The van der Waals surface area contributed by atoms with Crippen molar-refractivity contribution in [2.45, 2.75) is 102 Å². The fourth-order valence-electron chi connectivity index (χ4n) is 5.71. The van der Waals surface area contributed by atoms with Gasteiger partial charge in [0, 0.05) is 12.6 Å². The van der Waals surface area contributed by atoms with E-state index < -0.39 is 45.1 Å². The first-order valence-corrected chi connectivity index (χ1v) is 18.0. The van der Waals surface area contributed by atoms with Crippen LogP contribution in [0.3, 0.4) is 0 Å². The van der Waals surface area contributed by atoms with Gasteiger partial charge in [0.25, 0.3) is 16.0 Å². The summed E-state index contributed by atoms with van der Waals surface area (Å²) in [6.07, 6.45) is 6.73. The molecule has 266 valence electrons. The Balaban J connectivity index is 1.56. The molecule has 1 aromatic heterocycles. The lowest BCUT2D eigenvalue weighted by molar-refractivity contribution is -0.154. The third-order valence-electron chi connectivity index (χ3n) is 7.88. The van der Waals surface area contributed by atoms with Crippen molar-refractivity contribution in [2.75, 3.05) is 18.5 Å². The molecule has 0 bridgehead atoms. The van der Waals surface area contributed by atoms with Gasteiger partial charge in [0.1, 0.15) is 40.2 Å². The summed E-state index contributed by atoms with van der Waals surface area (Å²) in [6, 6.07) is 10.8. The highest BCUT2D eigenvalue weighted by Crippen LogP contribution is 2.30. The fraction of sp³-hybridized carbons (Fsp3) is 0.486. The smallest absolute Gasteiger partial charge is 0.328 e. The van der Waals surface area contributed by atoms with E-state index in [-0.39, 0.29) is 42.5 Å². The van der Waals surface area contributed by atoms with Crippen LogP contribution in [0.25, 0.3) is 0 Å². The molecule has 4 rings (SSSR count). The van der Waals surface area contributed by atoms with Crippen molar-refractivity contribution in [3.63, 3.8) is 0 Å². The van der Waals surface area contributed by atoms with Crippen LogP contribution < -0.4 is 14.8 Å². The zero-order valence-electron chi connectivity index (χ0n) is 28.6. The maximum Gasteiger partial charge on any atom is 0.328 e. The molecule has 1 unspecified atom stereocenters. The van der Waals surface area contributed by atoms with E-state index >= 15 is 0 Å². The number of amides is 2. The summed E-state index contributed by atoms with van der Waals surface area (Å²) in [4.78, 5) is 45.7. The molecule has 3 atom stereocenters. The fourth-order valence-corrected chi connectivity index (χ4v) is 6.40. The number of hydrogen-bond acceptors (Lipinski definition) is 9. The summed E-state index contributed by atoms with van der Waals surface area (Å²) in [7, 11) is -4.65. The number of unbranched alkanes of at least 4 members (excludes halogenated alkanes) is 3. The van der Waals surface area contributed by atoms with Crippen LogP contribution in [0.1, 0.15) is 89.5 Å². The molecule has 1 aliphatic heterocycles. The van der Waals surface area contributed by atoms with E-state index in [0.717, 1.165) is 31.7 Å². The Morgan fingerprint density at radius 1 is 1.02 bits per heavy atom. The van der Waals surface area contributed by atoms with Crippen molar-refractivity contribution >= 4 is 33.7 Å². The number of benzene rings is 2. The zero-order chi connectivity index (χ0) is 35.8. The second-order valence-electron chi connectivity index (χ2n) is 12.9. The van der Waals surface area contributed by atoms with Gasteiger partial charge in [-0.25, -0.2) is 9.78 Å². The highest BCUT2D eigenvalue weighted by Gasteiger charge is 2.44. The molecule has 14 heteroatoms. The first-order chi connectivity index (χ1) is 23.2. The Kier molecular flexibility index (Phi) is 12.4. The number of imidazole rings is 1. The summed E-state index contributed by atoms with van der Waals surface area (Å²) < 4.78 is 52.3. The molecule has 1 aliphatic rings. The average molecular weight is 699 g/mol. The number of carbonyl (C=O) groups is 3. The minimum absolute atomic E-state index is 0.0740. The lowest BCUT2D eigenvalue weighted by Crippen LogP contribution is -2.45. The van der Waals surface area contributed by atoms with Gasteiger partial charge in [-0.2, -0.15) is 8.42 Å². The van der Waals surface area contributed by atoms with E-state index in [0.29, 0.717) is 17.9 Å². The Hall–Kier alpha value is -4.43. The van der Waals surface area contributed by atoms with E-state index in [9.17, 15) is 27.4 Å². The van der Waals surface area contributed by atoms with Gasteiger partial charge in [0.05, 0.1) is 25.0 Å². The molecule has 2 N–H and O–H groups in total. The Bertz CT molecular complexity index is 1700. The van der Waals surface area contributed by atoms with Gasteiger partial charge in [-0.1, -0.05) is 44.7 Å². The summed E-state index contributed by atoms with van der Waals surface area (Å²) in [5, 5.41) is 2.55. The van der Waals surface area contributed by atoms with Crippen molar-refractivity contribution in [1.82, 2.24) is 14.5 Å². The lowest BCUT2D eigenvalue weighted by atomic mass is 10.1. The van der Waals surface area contributed by atoms with Crippen LogP contribution in [-0.4, -0.2) is 76.1 Å². The molecule has 49 heavy (non-hydrogen) atoms. The van der Waals surface area contributed by atoms with Gasteiger partial charge >= 0.3 is 5.97 Å². The Morgan fingerprint density at radius 2 is 1.71 bits per heavy atom. The molecule has 0 aliphatic carbocycles. The molecule has 1 saturated heterocycles. The number of anilines is 1. The second-order valence-corrected chi connectivity index (χ2v) is 14.3. The molecule has 1 fully saturated rings. The highest BCUT2D eigenvalue weighted by molar-refractivity contribution is 7.86. The predicted molar refractivity (Wildman–Crippen MR) is 182 cm³/mol. The number of nitrogens with zero attached hydrogens (tertiary/aromatic N) is 3. The monoisotopic (exact) mass is 698 g/mol.